The van der Waals surface area contributed by atoms with Gasteiger partial charge in [-0.25, -0.2) is 4.39 Å². The van der Waals surface area contributed by atoms with E-state index in [1.807, 2.05) is 6.07 Å². The highest BCUT2D eigenvalue weighted by molar-refractivity contribution is 9.10. The maximum Gasteiger partial charge on any atom is 0.262 e. The molecule has 0 bridgehead atoms. The van der Waals surface area contributed by atoms with Crippen molar-refractivity contribution in [2.24, 2.45) is 0 Å². The molecule has 1 amide bonds. The second-order valence-electron chi connectivity index (χ2n) is 7.43. The fourth-order valence-electron chi connectivity index (χ4n) is 3.28. The summed E-state index contributed by atoms with van der Waals surface area (Å²) in [6.45, 7) is 0.156. The minimum atomic E-state index is -0.555. The zero-order chi connectivity index (χ0) is 26.1. The number of halogens is 2. The van der Waals surface area contributed by atoms with Gasteiger partial charge < -0.3 is 24.3 Å². The molecule has 0 saturated carbocycles. The van der Waals surface area contributed by atoms with Crippen LogP contribution in [0.25, 0.3) is 6.08 Å². The van der Waals surface area contributed by atoms with Crippen LogP contribution in [0.3, 0.4) is 0 Å². The number of nitriles is 1. The van der Waals surface area contributed by atoms with Gasteiger partial charge in [0.1, 0.15) is 35.6 Å². The zero-order valence-electron chi connectivity index (χ0n) is 19.9. The van der Waals surface area contributed by atoms with Gasteiger partial charge >= 0.3 is 0 Å². The van der Waals surface area contributed by atoms with E-state index < -0.39 is 5.91 Å². The number of nitrogens with zero attached hydrogens (tertiary/aromatic N) is 1. The first-order valence-electron chi connectivity index (χ1n) is 10.7. The number of nitrogens with one attached hydrogen (secondary N) is 1. The Kier molecular flexibility index (Phi) is 9.31. The van der Waals surface area contributed by atoms with E-state index in [0.717, 1.165) is 5.56 Å². The van der Waals surface area contributed by atoms with Gasteiger partial charge in [-0.2, -0.15) is 5.26 Å². The van der Waals surface area contributed by atoms with E-state index in [4.69, 9.17) is 18.9 Å². The molecular formula is C27H24BrFN2O5. The van der Waals surface area contributed by atoms with Crippen LogP contribution in [0.4, 0.5) is 4.39 Å². The van der Waals surface area contributed by atoms with Crippen LogP contribution < -0.4 is 24.3 Å². The molecule has 0 atom stereocenters. The van der Waals surface area contributed by atoms with Crippen molar-refractivity contribution in [1.82, 2.24) is 5.32 Å². The van der Waals surface area contributed by atoms with Crippen molar-refractivity contribution in [3.05, 3.63) is 87.2 Å². The first kappa shape index (κ1) is 26.6. The molecule has 3 rings (SSSR count). The van der Waals surface area contributed by atoms with Gasteiger partial charge in [-0.05, 0) is 42.0 Å². The Hall–Kier alpha value is -4.03. The lowest BCUT2D eigenvalue weighted by Gasteiger charge is -2.14. The van der Waals surface area contributed by atoms with Crippen molar-refractivity contribution in [2.75, 3.05) is 21.3 Å². The monoisotopic (exact) mass is 554 g/mol. The largest absolute Gasteiger partial charge is 0.497 e. The fraction of sp³-hybridized carbons (Fsp3) is 0.185. The van der Waals surface area contributed by atoms with Gasteiger partial charge in [0.05, 0.1) is 21.3 Å². The molecule has 186 valence electrons. The summed E-state index contributed by atoms with van der Waals surface area (Å²) in [5, 5.41) is 12.3. The molecule has 3 aromatic carbocycles. The van der Waals surface area contributed by atoms with Crippen LogP contribution in [0.15, 0.2) is 64.6 Å². The number of ether oxygens (including phenoxy) is 4. The van der Waals surface area contributed by atoms with Crippen molar-refractivity contribution in [3.8, 4) is 29.1 Å². The van der Waals surface area contributed by atoms with E-state index in [9.17, 15) is 14.4 Å². The molecule has 0 heterocycles. The Morgan fingerprint density at radius 2 is 1.75 bits per heavy atom. The Labute approximate surface area is 217 Å². The summed E-state index contributed by atoms with van der Waals surface area (Å²) in [6, 6.07) is 16.7. The number of rotatable bonds is 10. The molecule has 0 spiro atoms. The minimum Gasteiger partial charge on any atom is -0.497 e. The topological polar surface area (TPSA) is 89.8 Å². The SMILES string of the molecule is COc1ccc(CNC(=O)/C(C#N)=C/c2cc(OC)c(OCc3ccccc3F)cc2Br)c(OC)c1. The molecule has 0 aromatic heterocycles. The standard InChI is InChI=1S/C27H24BrFN2O5/c1-33-21-9-8-17(24(12-21)34-2)15-31-27(32)20(14-30)10-19-11-25(35-3)26(13-22(19)28)36-16-18-6-4-5-7-23(18)29/h4-13H,15-16H2,1-3H3,(H,31,32)/b20-10+. The van der Waals surface area contributed by atoms with Gasteiger partial charge in [0.2, 0.25) is 0 Å². The lowest BCUT2D eigenvalue weighted by Crippen LogP contribution is -2.24. The molecule has 0 saturated heterocycles. The number of methoxy groups -OCH3 is 3. The van der Waals surface area contributed by atoms with E-state index in [1.165, 1.54) is 26.4 Å². The highest BCUT2D eigenvalue weighted by Gasteiger charge is 2.15. The summed E-state index contributed by atoms with van der Waals surface area (Å²) in [6.07, 6.45) is 1.44. The van der Waals surface area contributed by atoms with Gasteiger partial charge in [-0.1, -0.05) is 34.1 Å². The average Bonchev–Trinajstić information content (AvgIpc) is 2.90. The van der Waals surface area contributed by atoms with E-state index in [1.54, 1.807) is 55.6 Å². The molecule has 0 aliphatic carbocycles. The van der Waals surface area contributed by atoms with E-state index >= 15 is 0 Å². The molecule has 7 nitrogen and oxygen atoms in total. The number of hydrogen-bond acceptors (Lipinski definition) is 6. The Bertz CT molecular complexity index is 1320. The smallest absolute Gasteiger partial charge is 0.262 e. The Balaban J connectivity index is 1.77. The van der Waals surface area contributed by atoms with Crippen molar-refractivity contribution in [1.29, 1.82) is 5.26 Å². The van der Waals surface area contributed by atoms with Crippen molar-refractivity contribution >= 4 is 27.9 Å². The third-order valence-electron chi connectivity index (χ3n) is 5.22. The molecule has 9 heteroatoms. The first-order chi connectivity index (χ1) is 17.4. The minimum absolute atomic E-state index is 0.00529. The quantitative estimate of drug-likeness (QED) is 0.266. The highest BCUT2D eigenvalue weighted by Crippen LogP contribution is 2.35. The van der Waals surface area contributed by atoms with Crippen LogP contribution in [0.5, 0.6) is 23.0 Å². The summed E-state index contributed by atoms with van der Waals surface area (Å²) in [5.74, 6) is 0.990. The van der Waals surface area contributed by atoms with Crippen LogP contribution >= 0.6 is 15.9 Å². The highest BCUT2D eigenvalue weighted by atomic mass is 79.9. The lowest BCUT2D eigenvalue weighted by molar-refractivity contribution is -0.117. The molecule has 36 heavy (non-hydrogen) atoms. The third kappa shape index (κ3) is 6.55. The molecule has 1 N–H and O–H groups in total. The summed E-state index contributed by atoms with van der Waals surface area (Å²) in [5.41, 5.74) is 1.55. The van der Waals surface area contributed by atoms with Gasteiger partial charge in [-0.15, -0.1) is 0 Å². The molecule has 0 fully saturated rings. The summed E-state index contributed by atoms with van der Waals surface area (Å²) in [4.78, 5) is 12.7. The third-order valence-corrected chi connectivity index (χ3v) is 5.91. The summed E-state index contributed by atoms with van der Waals surface area (Å²) < 4.78 is 36.2. The number of carbonyl (C=O) groups excluding carboxylic acids is 1. The normalized spacial score (nSPS) is 10.8. The van der Waals surface area contributed by atoms with Gasteiger partial charge in [0.25, 0.3) is 5.91 Å². The van der Waals surface area contributed by atoms with Crippen LogP contribution in [0, 0.1) is 17.1 Å². The number of benzene rings is 3. The van der Waals surface area contributed by atoms with Crippen LogP contribution in [0.2, 0.25) is 0 Å². The predicted octanol–water partition coefficient (Wildman–Crippen LogP) is 5.42. The molecular weight excluding hydrogens is 531 g/mol. The van der Waals surface area contributed by atoms with Gasteiger partial charge in [-0.3, -0.25) is 4.79 Å². The molecule has 0 aliphatic heterocycles. The molecule has 0 radical (unpaired) electrons. The van der Waals surface area contributed by atoms with Crippen molar-refractivity contribution in [3.63, 3.8) is 0 Å². The number of carbonyl (C=O) groups is 1. The average molecular weight is 555 g/mol. The first-order valence-corrected chi connectivity index (χ1v) is 11.5. The van der Waals surface area contributed by atoms with Gasteiger partial charge in [0, 0.05) is 28.2 Å². The van der Waals surface area contributed by atoms with E-state index in [2.05, 4.69) is 21.2 Å². The summed E-state index contributed by atoms with van der Waals surface area (Å²) >= 11 is 3.44. The number of hydrogen-bond donors (Lipinski definition) is 1. The van der Waals surface area contributed by atoms with Crippen LogP contribution in [-0.4, -0.2) is 27.2 Å². The lowest BCUT2D eigenvalue weighted by atomic mass is 10.1. The predicted molar refractivity (Wildman–Crippen MR) is 136 cm³/mol. The molecule has 0 aliphatic rings. The second kappa shape index (κ2) is 12.6. The van der Waals surface area contributed by atoms with E-state index in [0.29, 0.717) is 38.6 Å². The maximum atomic E-state index is 13.9. The van der Waals surface area contributed by atoms with Crippen molar-refractivity contribution < 1.29 is 28.1 Å². The molecule has 0 unspecified atom stereocenters. The fourth-order valence-corrected chi connectivity index (χ4v) is 3.71. The van der Waals surface area contributed by atoms with Crippen molar-refractivity contribution in [2.45, 2.75) is 13.2 Å². The number of amides is 1. The van der Waals surface area contributed by atoms with Crippen LogP contribution in [0.1, 0.15) is 16.7 Å². The van der Waals surface area contributed by atoms with E-state index in [-0.39, 0.29) is 24.5 Å². The Morgan fingerprint density at radius 3 is 2.42 bits per heavy atom. The molecule has 3 aromatic rings. The van der Waals surface area contributed by atoms with Gasteiger partial charge in [0.15, 0.2) is 11.5 Å². The van der Waals surface area contributed by atoms with Crippen LogP contribution in [-0.2, 0) is 17.9 Å². The second-order valence-corrected chi connectivity index (χ2v) is 8.29. The zero-order valence-corrected chi connectivity index (χ0v) is 21.5. The Morgan fingerprint density at radius 1 is 1.00 bits per heavy atom. The summed E-state index contributed by atoms with van der Waals surface area (Å²) in [7, 11) is 4.54. The maximum absolute atomic E-state index is 13.9.